The van der Waals surface area contributed by atoms with E-state index in [0.717, 1.165) is 63.2 Å². The largest absolute Gasteiger partial charge is 0.385 e. The molecule has 124 valence electrons. The molecule has 1 atom stereocenters. The summed E-state index contributed by atoms with van der Waals surface area (Å²) < 4.78 is 13.3. The minimum absolute atomic E-state index is 0.234. The molecule has 23 heavy (non-hydrogen) atoms. The van der Waals surface area contributed by atoms with E-state index in [2.05, 4.69) is 33.3 Å². The zero-order valence-corrected chi connectivity index (χ0v) is 14.0. The molecule has 0 saturated carbocycles. The van der Waals surface area contributed by atoms with E-state index in [-0.39, 0.29) is 6.10 Å². The molecule has 3 rings (SSSR count). The summed E-state index contributed by atoms with van der Waals surface area (Å²) in [6.45, 7) is 6.47. The number of hydrogen-bond acceptors (Lipinski definition) is 4. The Morgan fingerprint density at radius 2 is 2.39 bits per heavy atom. The zero-order chi connectivity index (χ0) is 16.1. The number of fused-ring (bicyclic) bond motifs is 1. The molecule has 1 aliphatic heterocycles. The van der Waals surface area contributed by atoms with E-state index in [1.807, 2.05) is 6.92 Å². The van der Waals surface area contributed by atoms with Crippen LogP contribution in [0.15, 0.2) is 6.20 Å². The number of methoxy groups -OCH3 is 1. The number of hydrogen-bond donors (Lipinski definition) is 1. The summed E-state index contributed by atoms with van der Waals surface area (Å²) in [7, 11) is 1.75. The first kappa shape index (κ1) is 16.3. The van der Waals surface area contributed by atoms with Crippen molar-refractivity contribution < 1.29 is 9.47 Å². The molecule has 0 spiro atoms. The Hall–Kier alpha value is -1.61. The van der Waals surface area contributed by atoms with Crippen LogP contribution in [-0.2, 0) is 22.4 Å². The van der Waals surface area contributed by atoms with Crippen LogP contribution in [0, 0.1) is 19.2 Å². The predicted molar refractivity (Wildman–Crippen MR) is 89.6 cm³/mol. The Bertz CT molecular complexity index is 632. The van der Waals surface area contributed by atoms with Crippen LogP contribution in [0.25, 0.3) is 10.9 Å². The summed E-state index contributed by atoms with van der Waals surface area (Å²) >= 11 is 0. The van der Waals surface area contributed by atoms with Gasteiger partial charge in [0.05, 0.1) is 29.3 Å². The van der Waals surface area contributed by atoms with E-state index >= 15 is 0 Å². The van der Waals surface area contributed by atoms with Crippen LogP contribution in [0.5, 0.6) is 0 Å². The molecule has 0 aromatic carbocycles. The molecule has 0 bridgehead atoms. The molecule has 1 fully saturated rings. The quantitative estimate of drug-likeness (QED) is 0.793. The lowest BCUT2D eigenvalue weighted by Crippen LogP contribution is -2.39. The van der Waals surface area contributed by atoms with Crippen LogP contribution < -0.4 is 5.32 Å². The second-order valence-electron chi connectivity index (χ2n) is 6.11. The smallest absolute Gasteiger partial charge is 0.0793 e. The maximum absolute atomic E-state index is 5.86. The van der Waals surface area contributed by atoms with Gasteiger partial charge < -0.3 is 19.4 Å². The SMILES string of the molecule is COCCCCn1cc(C[C@H]2CNCCO2)c2c#cnc(C)c21. The van der Waals surface area contributed by atoms with Gasteiger partial charge in [-0.15, -0.1) is 0 Å². The highest BCUT2D eigenvalue weighted by Gasteiger charge is 2.18. The summed E-state index contributed by atoms with van der Waals surface area (Å²) in [5.74, 6) is 0. The maximum atomic E-state index is 5.86. The summed E-state index contributed by atoms with van der Waals surface area (Å²) in [4.78, 5) is 4.30. The van der Waals surface area contributed by atoms with E-state index in [9.17, 15) is 0 Å². The van der Waals surface area contributed by atoms with Crippen LogP contribution in [0.2, 0.25) is 0 Å². The van der Waals surface area contributed by atoms with Gasteiger partial charge in [-0.05, 0) is 31.4 Å². The molecule has 5 nitrogen and oxygen atoms in total. The Morgan fingerprint density at radius 3 is 3.17 bits per heavy atom. The highest BCUT2D eigenvalue weighted by molar-refractivity contribution is 5.84. The van der Waals surface area contributed by atoms with Gasteiger partial charge in [0, 0.05) is 52.2 Å². The van der Waals surface area contributed by atoms with E-state index in [1.54, 1.807) is 7.11 Å². The predicted octanol–water partition coefficient (Wildman–Crippen LogP) is 1.90. The van der Waals surface area contributed by atoms with Crippen molar-refractivity contribution >= 4 is 10.9 Å². The van der Waals surface area contributed by atoms with Crippen molar-refractivity contribution in [1.82, 2.24) is 14.9 Å². The Labute approximate surface area is 138 Å². The van der Waals surface area contributed by atoms with Crippen LogP contribution in [0.1, 0.15) is 24.1 Å². The summed E-state index contributed by atoms with van der Waals surface area (Å²) in [6.07, 6.45) is 8.45. The lowest BCUT2D eigenvalue weighted by atomic mass is 10.1. The molecule has 2 aromatic heterocycles. The van der Waals surface area contributed by atoms with Crippen molar-refractivity contribution in [3.63, 3.8) is 0 Å². The first-order chi connectivity index (χ1) is 11.3. The normalized spacial score (nSPS) is 18.3. The third-order valence-electron chi connectivity index (χ3n) is 4.35. The summed E-state index contributed by atoms with van der Waals surface area (Å²) in [6, 6.07) is 3.21. The second-order valence-corrected chi connectivity index (χ2v) is 6.11. The van der Waals surface area contributed by atoms with Gasteiger partial charge in [0.25, 0.3) is 0 Å². The summed E-state index contributed by atoms with van der Waals surface area (Å²) in [5, 5.41) is 4.53. The molecular weight excluding hydrogens is 290 g/mol. The fourth-order valence-electron chi connectivity index (χ4n) is 3.22. The second kappa shape index (κ2) is 7.78. The lowest BCUT2D eigenvalue weighted by Gasteiger charge is -2.23. The molecule has 0 amide bonds. The Kier molecular flexibility index (Phi) is 5.50. The third kappa shape index (κ3) is 3.84. The lowest BCUT2D eigenvalue weighted by molar-refractivity contribution is 0.0294. The van der Waals surface area contributed by atoms with Crippen molar-refractivity contribution in [2.24, 2.45) is 0 Å². The molecule has 0 radical (unpaired) electrons. The van der Waals surface area contributed by atoms with E-state index in [0.29, 0.717) is 0 Å². The molecule has 1 aliphatic rings. The fourth-order valence-corrected chi connectivity index (χ4v) is 3.22. The van der Waals surface area contributed by atoms with Crippen LogP contribution in [0.3, 0.4) is 0 Å². The standard InChI is InChI=1S/C18H25N3O2/c1-14-18-17(5-6-20-14)15(11-16-12-19-7-10-23-16)13-21(18)8-3-4-9-22-2/h13,16,19H,3-4,7-12H2,1-2H3/t16-/m0/s1. The van der Waals surface area contributed by atoms with Crippen molar-refractivity contribution in [2.45, 2.75) is 38.8 Å². The highest BCUT2D eigenvalue weighted by atomic mass is 16.5. The van der Waals surface area contributed by atoms with Crippen LogP contribution >= 0.6 is 0 Å². The van der Waals surface area contributed by atoms with Gasteiger partial charge in [-0.3, -0.25) is 0 Å². The molecular formula is C18H25N3O2. The minimum atomic E-state index is 0.234. The minimum Gasteiger partial charge on any atom is -0.385 e. The van der Waals surface area contributed by atoms with Gasteiger partial charge in [-0.25, -0.2) is 4.98 Å². The number of ether oxygens (including phenoxy) is 2. The van der Waals surface area contributed by atoms with Crippen molar-refractivity contribution in [1.29, 1.82) is 0 Å². The first-order valence-corrected chi connectivity index (χ1v) is 8.38. The molecule has 3 heterocycles. The Morgan fingerprint density at radius 1 is 1.48 bits per heavy atom. The molecule has 0 aliphatic carbocycles. The highest BCUT2D eigenvalue weighted by Crippen LogP contribution is 2.24. The van der Waals surface area contributed by atoms with Gasteiger partial charge in [0.15, 0.2) is 0 Å². The van der Waals surface area contributed by atoms with Crippen molar-refractivity contribution in [3.8, 4) is 0 Å². The van der Waals surface area contributed by atoms with E-state index in [1.165, 1.54) is 11.1 Å². The number of morpholine rings is 1. The molecule has 1 N–H and O–H groups in total. The number of aromatic nitrogens is 2. The monoisotopic (exact) mass is 315 g/mol. The topological polar surface area (TPSA) is 48.3 Å². The summed E-state index contributed by atoms with van der Waals surface area (Å²) in [5.41, 5.74) is 3.47. The molecule has 5 heteroatoms. The molecule has 1 saturated heterocycles. The van der Waals surface area contributed by atoms with Gasteiger partial charge >= 0.3 is 0 Å². The van der Waals surface area contributed by atoms with Crippen LogP contribution in [0.4, 0.5) is 0 Å². The number of nitrogens with zero attached hydrogens (tertiary/aromatic N) is 2. The average Bonchev–Trinajstić information content (AvgIpc) is 2.92. The molecule has 2 aromatic rings. The maximum Gasteiger partial charge on any atom is 0.0793 e. The van der Waals surface area contributed by atoms with Gasteiger partial charge in [-0.2, -0.15) is 0 Å². The first-order valence-electron chi connectivity index (χ1n) is 8.38. The fraction of sp³-hybridized carbons (Fsp3) is 0.611. The zero-order valence-electron chi connectivity index (χ0n) is 14.0. The van der Waals surface area contributed by atoms with Crippen LogP contribution in [-0.4, -0.2) is 49.1 Å². The van der Waals surface area contributed by atoms with E-state index < -0.39 is 0 Å². The Balaban J connectivity index is 1.81. The van der Waals surface area contributed by atoms with Gasteiger partial charge in [0.2, 0.25) is 0 Å². The average molecular weight is 315 g/mol. The molecule has 0 unspecified atom stereocenters. The number of aryl methyl sites for hydroxylation is 2. The van der Waals surface area contributed by atoms with Gasteiger partial charge in [-0.1, -0.05) is 0 Å². The van der Waals surface area contributed by atoms with Gasteiger partial charge in [0.1, 0.15) is 0 Å². The van der Waals surface area contributed by atoms with E-state index in [4.69, 9.17) is 9.47 Å². The number of rotatable bonds is 7. The van der Waals surface area contributed by atoms with Crippen molar-refractivity contribution in [3.05, 3.63) is 29.7 Å². The third-order valence-corrected chi connectivity index (χ3v) is 4.35. The van der Waals surface area contributed by atoms with Crippen molar-refractivity contribution in [2.75, 3.05) is 33.4 Å². The number of nitrogens with one attached hydrogen (secondary N) is 1. The number of unbranched alkanes of at least 4 members (excludes halogenated alkanes) is 1.